The highest BCUT2D eigenvalue weighted by atomic mass is 16.6. The molecule has 5 aliphatic rings. The highest BCUT2D eigenvalue weighted by Crippen LogP contribution is 2.55. The normalized spacial score (nSPS) is 32.6. The van der Waals surface area contributed by atoms with Crippen LogP contribution in [0.3, 0.4) is 0 Å². The molecule has 2 saturated heterocycles. The number of nitrogens with one attached hydrogen (secondary N) is 1. The number of amides is 3. The molecule has 10 heteroatoms. The van der Waals surface area contributed by atoms with Crippen LogP contribution in [0.5, 0.6) is 0 Å². The van der Waals surface area contributed by atoms with E-state index in [0.29, 0.717) is 24.1 Å². The van der Waals surface area contributed by atoms with Gasteiger partial charge in [0.1, 0.15) is 23.7 Å². The summed E-state index contributed by atoms with van der Waals surface area (Å²) in [6, 6.07) is 16.5. The number of nitrogens with zero attached hydrogens (tertiary/aromatic N) is 2. The fraction of sp³-hybridized carbons (Fsp3) is 0.474. The van der Waals surface area contributed by atoms with Gasteiger partial charge in [0, 0.05) is 19.0 Å². The second-order valence-electron chi connectivity index (χ2n) is 13.5. The molecule has 3 fully saturated rings. The lowest BCUT2D eigenvalue weighted by Crippen LogP contribution is -2.58. The van der Waals surface area contributed by atoms with Crippen LogP contribution in [-0.2, 0) is 28.7 Å². The lowest BCUT2D eigenvalue weighted by Gasteiger charge is -2.41. The molecule has 2 N–H and O–H groups in total. The Bertz CT molecular complexity index is 1570. The Morgan fingerprint density at radius 3 is 2.38 bits per heavy atom. The summed E-state index contributed by atoms with van der Waals surface area (Å²) in [5.41, 5.74) is -0.0841. The van der Waals surface area contributed by atoms with E-state index < -0.39 is 60.2 Å². The average Bonchev–Trinajstić information content (AvgIpc) is 3.50. The second kappa shape index (κ2) is 13.7. The summed E-state index contributed by atoms with van der Waals surface area (Å²) in [6.07, 6.45) is 11.2. The second-order valence-corrected chi connectivity index (χ2v) is 13.5. The van der Waals surface area contributed by atoms with E-state index in [1.807, 2.05) is 77.7 Å². The van der Waals surface area contributed by atoms with Gasteiger partial charge in [0.15, 0.2) is 0 Å². The lowest BCUT2D eigenvalue weighted by atomic mass is 9.77. The molecule has 1 spiro atoms. The topological polar surface area (TPSA) is 125 Å². The number of cyclic esters (lactones) is 1. The number of esters is 1. The first-order chi connectivity index (χ1) is 23.4. The van der Waals surface area contributed by atoms with Gasteiger partial charge in [0.05, 0.1) is 31.2 Å². The first-order valence-electron chi connectivity index (χ1n) is 17.3. The van der Waals surface area contributed by atoms with Crippen LogP contribution in [0, 0.1) is 11.8 Å². The lowest BCUT2D eigenvalue weighted by molar-refractivity contribution is -0.161. The molecule has 1 aliphatic carbocycles. The SMILES string of the molecule is O=C1CC/C=C\[C@@H]2O[C@@]34C=CCN(C5CCCCC5)C(=O)[C@@H]3N([C@H](CO)c3ccccc3)C(=O)[C@H]4[C@@H]2C(=O)O[C@@H](c2ccccc2)CN1. The summed E-state index contributed by atoms with van der Waals surface area (Å²) in [4.78, 5) is 60.3. The van der Waals surface area contributed by atoms with Gasteiger partial charge in [0.2, 0.25) is 17.7 Å². The molecule has 2 aromatic rings. The molecule has 252 valence electrons. The van der Waals surface area contributed by atoms with Crippen LogP contribution in [0.25, 0.3) is 0 Å². The van der Waals surface area contributed by atoms with Crippen molar-refractivity contribution in [3.8, 4) is 0 Å². The fourth-order valence-corrected chi connectivity index (χ4v) is 8.45. The molecule has 3 amide bonds. The van der Waals surface area contributed by atoms with Gasteiger partial charge in [-0.3, -0.25) is 19.2 Å². The summed E-state index contributed by atoms with van der Waals surface area (Å²) < 4.78 is 13.1. The van der Waals surface area contributed by atoms with Gasteiger partial charge >= 0.3 is 5.97 Å². The van der Waals surface area contributed by atoms with Crippen LogP contribution in [-0.4, -0.2) is 82.1 Å². The molecule has 7 rings (SSSR count). The standard InChI is InChI=1S/C38H43N3O7/c42-24-28(25-13-4-1-5-14-25)41-34-36(45)40(27-17-8-3-9-18-27)22-12-21-38(34)33(35(41)44)32-29(48-38)19-10-11-20-31(43)39-23-30(47-37(32)46)26-15-6-2-7-16-26/h1-2,4-7,10,12-16,19,21,27-30,32-34,42H,3,8-9,11,17-18,20,22-24H2,(H,39,43)/b19-10-/t28-,29+,30-,32-,33-,34+,38-/m1/s1. The fourth-order valence-electron chi connectivity index (χ4n) is 8.45. The number of ether oxygens (including phenoxy) is 2. The van der Waals surface area contributed by atoms with E-state index in [1.165, 1.54) is 4.90 Å². The monoisotopic (exact) mass is 653 g/mol. The van der Waals surface area contributed by atoms with Crippen LogP contribution in [0.2, 0.25) is 0 Å². The van der Waals surface area contributed by atoms with Gasteiger partial charge in [-0.15, -0.1) is 0 Å². The zero-order valence-corrected chi connectivity index (χ0v) is 27.0. The number of allylic oxidation sites excluding steroid dienone is 1. The molecule has 1 saturated carbocycles. The van der Waals surface area contributed by atoms with E-state index in [9.17, 15) is 24.3 Å². The quantitative estimate of drug-likeness (QED) is 0.372. The number of aliphatic hydroxyl groups is 1. The number of hydrogen-bond acceptors (Lipinski definition) is 7. The zero-order chi connectivity index (χ0) is 33.3. The Kier molecular flexibility index (Phi) is 9.20. The van der Waals surface area contributed by atoms with E-state index in [4.69, 9.17) is 9.47 Å². The smallest absolute Gasteiger partial charge is 0.313 e. The molecular formula is C38H43N3O7. The first-order valence-corrected chi connectivity index (χ1v) is 17.3. The molecule has 0 radical (unpaired) electrons. The summed E-state index contributed by atoms with van der Waals surface area (Å²) >= 11 is 0. The van der Waals surface area contributed by atoms with Crippen molar-refractivity contribution >= 4 is 23.7 Å². The van der Waals surface area contributed by atoms with Gasteiger partial charge in [-0.2, -0.15) is 0 Å². The number of likely N-dealkylation sites (tertiary alicyclic amines) is 1. The highest BCUT2D eigenvalue weighted by molar-refractivity contribution is 5.99. The van der Waals surface area contributed by atoms with Crippen LogP contribution in [0.4, 0.5) is 0 Å². The Morgan fingerprint density at radius 1 is 0.917 bits per heavy atom. The summed E-state index contributed by atoms with van der Waals surface area (Å²) in [5.74, 6) is -3.62. The Balaban J connectivity index is 1.33. The largest absolute Gasteiger partial charge is 0.455 e. The minimum atomic E-state index is -1.48. The number of fused-ring (bicyclic) bond motifs is 2. The van der Waals surface area contributed by atoms with Gasteiger partial charge in [0.25, 0.3) is 0 Å². The molecule has 0 bridgehead atoms. The van der Waals surface area contributed by atoms with Crippen molar-refractivity contribution < 1.29 is 33.8 Å². The number of benzene rings is 2. The number of carbonyl (C=O) groups excluding carboxylic acids is 4. The maximum atomic E-state index is 15.0. The van der Waals surface area contributed by atoms with Gasteiger partial charge in [-0.05, 0) is 30.4 Å². The van der Waals surface area contributed by atoms with Crippen molar-refractivity contribution in [2.45, 2.75) is 80.9 Å². The number of rotatable bonds is 5. The van der Waals surface area contributed by atoms with Crippen LogP contribution < -0.4 is 5.32 Å². The predicted octanol–water partition coefficient (Wildman–Crippen LogP) is 3.78. The third kappa shape index (κ3) is 5.75. The van der Waals surface area contributed by atoms with Crippen molar-refractivity contribution in [3.63, 3.8) is 0 Å². The van der Waals surface area contributed by atoms with Crippen molar-refractivity contribution in [2.75, 3.05) is 19.7 Å². The minimum Gasteiger partial charge on any atom is -0.455 e. The van der Waals surface area contributed by atoms with E-state index in [-0.39, 0.29) is 30.8 Å². The third-order valence-electron chi connectivity index (χ3n) is 10.7. The van der Waals surface area contributed by atoms with Crippen LogP contribution in [0.1, 0.15) is 68.2 Å². The zero-order valence-electron chi connectivity index (χ0n) is 27.0. The predicted molar refractivity (Wildman–Crippen MR) is 176 cm³/mol. The van der Waals surface area contributed by atoms with Crippen LogP contribution in [0.15, 0.2) is 85.0 Å². The average molecular weight is 654 g/mol. The molecule has 0 aromatic heterocycles. The Hall–Kier alpha value is -4.28. The molecule has 4 heterocycles. The summed E-state index contributed by atoms with van der Waals surface area (Å²) in [5, 5.41) is 13.7. The van der Waals surface area contributed by atoms with Gasteiger partial charge < -0.3 is 29.7 Å². The molecule has 4 aliphatic heterocycles. The third-order valence-corrected chi connectivity index (χ3v) is 10.7. The Morgan fingerprint density at radius 2 is 1.65 bits per heavy atom. The van der Waals surface area contributed by atoms with Crippen molar-refractivity contribution in [3.05, 3.63) is 96.1 Å². The number of aliphatic hydroxyl groups excluding tert-OH is 1. The maximum Gasteiger partial charge on any atom is 0.313 e. The number of hydrogen-bond donors (Lipinski definition) is 2. The number of carbonyl (C=O) groups is 4. The van der Waals surface area contributed by atoms with E-state index in [1.54, 1.807) is 12.2 Å². The summed E-state index contributed by atoms with van der Waals surface area (Å²) in [6.45, 7) is 0.0303. The van der Waals surface area contributed by atoms with Crippen LogP contribution >= 0.6 is 0 Å². The molecule has 48 heavy (non-hydrogen) atoms. The summed E-state index contributed by atoms with van der Waals surface area (Å²) in [7, 11) is 0. The van der Waals surface area contributed by atoms with E-state index >= 15 is 0 Å². The first kappa shape index (κ1) is 32.3. The molecule has 0 unspecified atom stereocenters. The molecule has 2 aromatic carbocycles. The molecule has 10 nitrogen and oxygen atoms in total. The molecule has 7 atom stereocenters. The van der Waals surface area contributed by atoms with E-state index in [0.717, 1.165) is 32.1 Å². The van der Waals surface area contributed by atoms with E-state index in [2.05, 4.69) is 5.32 Å². The van der Waals surface area contributed by atoms with Crippen molar-refractivity contribution in [2.24, 2.45) is 11.8 Å². The molecular weight excluding hydrogens is 610 g/mol. The van der Waals surface area contributed by atoms with Crippen molar-refractivity contribution in [1.82, 2.24) is 15.1 Å². The maximum absolute atomic E-state index is 15.0. The Labute approximate surface area is 280 Å². The highest BCUT2D eigenvalue weighted by Gasteiger charge is 2.72. The minimum absolute atomic E-state index is 0.0301. The van der Waals surface area contributed by atoms with Gasteiger partial charge in [-0.25, -0.2) is 0 Å². The van der Waals surface area contributed by atoms with Gasteiger partial charge in [-0.1, -0.05) is 104 Å². The van der Waals surface area contributed by atoms with Crippen molar-refractivity contribution in [1.29, 1.82) is 0 Å².